The Morgan fingerprint density at radius 2 is 1.91 bits per heavy atom. The van der Waals surface area contributed by atoms with Crippen molar-refractivity contribution in [2.24, 2.45) is 11.7 Å². The fourth-order valence-electron chi connectivity index (χ4n) is 2.73. The van der Waals surface area contributed by atoms with Gasteiger partial charge in [0.05, 0.1) is 11.3 Å². The molecule has 2 atom stereocenters. The molecule has 1 aliphatic rings. The summed E-state index contributed by atoms with van der Waals surface area (Å²) in [7, 11) is 0. The molecular formula is C15H19ClF4N2O. The third-order valence-corrected chi connectivity index (χ3v) is 3.98. The Labute approximate surface area is 138 Å². The highest BCUT2D eigenvalue weighted by Gasteiger charge is 2.31. The molecule has 2 rings (SSSR count). The van der Waals surface area contributed by atoms with E-state index in [9.17, 15) is 22.4 Å². The van der Waals surface area contributed by atoms with Crippen LogP contribution in [-0.4, -0.2) is 11.9 Å². The highest BCUT2D eigenvalue weighted by atomic mass is 35.5. The summed E-state index contributed by atoms with van der Waals surface area (Å²) in [6.07, 6.45) is -0.865. The molecule has 0 spiro atoms. The Morgan fingerprint density at radius 1 is 1.26 bits per heavy atom. The molecule has 0 saturated heterocycles. The molecule has 8 heteroatoms. The van der Waals surface area contributed by atoms with Crippen molar-refractivity contribution in [3.05, 3.63) is 29.6 Å². The zero-order chi connectivity index (χ0) is 16.3. The number of hydrogen-bond acceptors (Lipinski definition) is 2. The van der Waals surface area contributed by atoms with Crippen LogP contribution < -0.4 is 11.1 Å². The molecule has 3 nitrogen and oxygen atoms in total. The van der Waals surface area contributed by atoms with Gasteiger partial charge in [-0.3, -0.25) is 4.79 Å². The Kier molecular flexibility index (Phi) is 6.83. The summed E-state index contributed by atoms with van der Waals surface area (Å²) in [6.45, 7) is 0. The fourth-order valence-corrected chi connectivity index (χ4v) is 2.73. The summed E-state index contributed by atoms with van der Waals surface area (Å²) in [6, 6.07) is 1.85. The van der Waals surface area contributed by atoms with Crippen LogP contribution in [0.25, 0.3) is 0 Å². The van der Waals surface area contributed by atoms with Gasteiger partial charge in [0.15, 0.2) is 0 Å². The average molecular weight is 355 g/mol. The van der Waals surface area contributed by atoms with Gasteiger partial charge in [0.2, 0.25) is 5.91 Å². The largest absolute Gasteiger partial charge is 0.416 e. The molecule has 1 saturated carbocycles. The van der Waals surface area contributed by atoms with Crippen LogP contribution in [0.2, 0.25) is 0 Å². The van der Waals surface area contributed by atoms with Crippen molar-refractivity contribution in [3.8, 4) is 0 Å². The monoisotopic (exact) mass is 354 g/mol. The van der Waals surface area contributed by atoms with Gasteiger partial charge in [0, 0.05) is 12.5 Å². The lowest BCUT2D eigenvalue weighted by Gasteiger charge is -2.28. The number of carbonyl (C=O) groups excluding carboxylic acids is 1. The second-order valence-electron chi connectivity index (χ2n) is 5.65. The molecule has 1 aliphatic carbocycles. The van der Waals surface area contributed by atoms with Gasteiger partial charge in [-0.2, -0.15) is 13.2 Å². The van der Waals surface area contributed by atoms with E-state index in [1.54, 1.807) is 0 Å². The minimum Gasteiger partial charge on any atom is -0.327 e. The van der Waals surface area contributed by atoms with E-state index in [2.05, 4.69) is 5.32 Å². The van der Waals surface area contributed by atoms with Gasteiger partial charge in [-0.15, -0.1) is 12.4 Å². The molecule has 1 amide bonds. The van der Waals surface area contributed by atoms with E-state index in [-0.39, 0.29) is 30.8 Å². The summed E-state index contributed by atoms with van der Waals surface area (Å²) in [5.74, 6) is -1.42. The molecule has 1 aromatic rings. The van der Waals surface area contributed by atoms with Crippen molar-refractivity contribution >= 4 is 24.0 Å². The third kappa shape index (κ3) is 5.35. The van der Waals surface area contributed by atoms with Crippen LogP contribution >= 0.6 is 12.4 Å². The predicted molar refractivity (Wildman–Crippen MR) is 81.8 cm³/mol. The minimum atomic E-state index is -4.58. The van der Waals surface area contributed by atoms with Gasteiger partial charge < -0.3 is 11.1 Å². The van der Waals surface area contributed by atoms with Gasteiger partial charge in [-0.1, -0.05) is 12.8 Å². The number of carbonyl (C=O) groups is 1. The van der Waals surface area contributed by atoms with E-state index in [4.69, 9.17) is 5.73 Å². The molecule has 130 valence electrons. The van der Waals surface area contributed by atoms with Gasteiger partial charge in [-0.25, -0.2) is 4.39 Å². The second-order valence-corrected chi connectivity index (χ2v) is 5.65. The zero-order valence-corrected chi connectivity index (χ0v) is 13.1. The number of nitrogens with one attached hydrogen (secondary N) is 1. The first-order valence-corrected chi connectivity index (χ1v) is 7.19. The van der Waals surface area contributed by atoms with E-state index in [1.165, 1.54) is 0 Å². The van der Waals surface area contributed by atoms with Gasteiger partial charge in [0.1, 0.15) is 5.82 Å². The number of nitrogens with two attached hydrogens (primary N) is 1. The molecule has 0 bridgehead atoms. The molecule has 0 heterocycles. The van der Waals surface area contributed by atoms with Crippen LogP contribution in [0.1, 0.15) is 37.7 Å². The molecular weight excluding hydrogens is 336 g/mol. The van der Waals surface area contributed by atoms with Crippen LogP contribution in [0, 0.1) is 11.7 Å². The van der Waals surface area contributed by atoms with E-state index in [0.717, 1.165) is 25.7 Å². The maximum Gasteiger partial charge on any atom is 0.416 e. The number of alkyl halides is 3. The molecule has 23 heavy (non-hydrogen) atoms. The van der Waals surface area contributed by atoms with Gasteiger partial charge >= 0.3 is 6.18 Å². The van der Waals surface area contributed by atoms with E-state index in [0.29, 0.717) is 18.2 Å². The maximum absolute atomic E-state index is 13.6. The molecule has 0 aliphatic heterocycles. The van der Waals surface area contributed by atoms with Crippen LogP contribution in [-0.2, 0) is 11.0 Å². The second kappa shape index (κ2) is 7.97. The number of anilines is 1. The van der Waals surface area contributed by atoms with Crippen molar-refractivity contribution in [3.63, 3.8) is 0 Å². The summed E-state index contributed by atoms with van der Waals surface area (Å²) < 4.78 is 51.4. The SMILES string of the molecule is Cl.NC1CCCCC1CC(=O)Nc1cc(C(F)(F)F)ccc1F. The lowest BCUT2D eigenvalue weighted by Crippen LogP contribution is -2.35. The first kappa shape index (κ1) is 19.7. The van der Waals surface area contributed by atoms with Crippen LogP contribution in [0.15, 0.2) is 18.2 Å². The minimum absolute atomic E-state index is 0. The molecule has 0 aromatic heterocycles. The molecule has 0 radical (unpaired) electrons. The first-order chi connectivity index (χ1) is 10.3. The predicted octanol–water partition coefficient (Wildman–Crippen LogP) is 4.11. The Morgan fingerprint density at radius 3 is 2.52 bits per heavy atom. The van der Waals surface area contributed by atoms with Crippen molar-refractivity contribution < 1.29 is 22.4 Å². The molecule has 1 aromatic carbocycles. The normalized spacial score (nSPS) is 21.4. The Bertz CT molecular complexity index is 551. The van der Waals surface area contributed by atoms with Gasteiger partial charge in [-0.05, 0) is 37.0 Å². The third-order valence-electron chi connectivity index (χ3n) is 3.98. The van der Waals surface area contributed by atoms with E-state index in [1.807, 2.05) is 0 Å². The summed E-state index contributed by atoms with van der Waals surface area (Å²) in [5, 5.41) is 2.22. The van der Waals surface area contributed by atoms with Crippen molar-refractivity contribution in [2.75, 3.05) is 5.32 Å². The topological polar surface area (TPSA) is 55.1 Å². The van der Waals surface area contributed by atoms with Crippen molar-refractivity contribution in [2.45, 2.75) is 44.3 Å². The first-order valence-electron chi connectivity index (χ1n) is 7.19. The Balaban J connectivity index is 0.00000264. The number of rotatable bonds is 3. The lowest BCUT2D eigenvalue weighted by molar-refractivity contribution is -0.137. The molecule has 1 fully saturated rings. The Hall–Kier alpha value is -1.34. The quantitative estimate of drug-likeness (QED) is 0.802. The highest BCUT2D eigenvalue weighted by molar-refractivity contribution is 5.91. The standard InChI is InChI=1S/C15H18F4N2O.ClH/c16-11-6-5-10(15(17,18)19)8-13(11)21-14(22)7-9-3-1-2-4-12(9)20;/h5-6,8-9,12H,1-4,7,20H2,(H,21,22);1H. The van der Waals surface area contributed by atoms with E-state index >= 15 is 0 Å². The summed E-state index contributed by atoms with van der Waals surface area (Å²) in [5.41, 5.74) is 4.47. The smallest absolute Gasteiger partial charge is 0.327 e. The van der Waals surface area contributed by atoms with Crippen molar-refractivity contribution in [1.82, 2.24) is 0 Å². The lowest BCUT2D eigenvalue weighted by atomic mass is 9.83. The summed E-state index contributed by atoms with van der Waals surface area (Å²) >= 11 is 0. The summed E-state index contributed by atoms with van der Waals surface area (Å²) in [4.78, 5) is 11.9. The average Bonchev–Trinajstić information content (AvgIpc) is 2.42. The number of halogens is 5. The highest BCUT2D eigenvalue weighted by Crippen LogP contribution is 2.32. The van der Waals surface area contributed by atoms with Gasteiger partial charge in [0.25, 0.3) is 0 Å². The zero-order valence-electron chi connectivity index (χ0n) is 12.3. The fraction of sp³-hybridized carbons (Fsp3) is 0.533. The van der Waals surface area contributed by atoms with E-state index < -0.39 is 29.2 Å². The molecule has 2 unspecified atom stereocenters. The van der Waals surface area contributed by atoms with Crippen LogP contribution in [0.4, 0.5) is 23.2 Å². The van der Waals surface area contributed by atoms with Crippen molar-refractivity contribution in [1.29, 1.82) is 0 Å². The molecule has 3 N–H and O–H groups in total. The van der Waals surface area contributed by atoms with Crippen LogP contribution in [0.5, 0.6) is 0 Å². The van der Waals surface area contributed by atoms with Crippen LogP contribution in [0.3, 0.4) is 0 Å². The maximum atomic E-state index is 13.6. The number of amides is 1. The number of hydrogen-bond donors (Lipinski definition) is 2. The number of benzene rings is 1.